The van der Waals surface area contributed by atoms with Crippen LogP contribution >= 0.6 is 11.6 Å². The number of benzene rings is 2. The van der Waals surface area contributed by atoms with Crippen molar-refractivity contribution in [2.24, 2.45) is 0 Å². The van der Waals surface area contributed by atoms with Gasteiger partial charge in [0.25, 0.3) is 5.89 Å². The quantitative estimate of drug-likeness (QED) is 0.532. The molecule has 1 saturated heterocycles. The summed E-state index contributed by atoms with van der Waals surface area (Å²) in [6.45, 7) is 0.747. The van der Waals surface area contributed by atoms with E-state index in [0.717, 1.165) is 12.8 Å². The van der Waals surface area contributed by atoms with Crippen LogP contribution in [0.3, 0.4) is 0 Å². The number of hydrogen-bond donors (Lipinski definition) is 0. The summed E-state index contributed by atoms with van der Waals surface area (Å²) in [7, 11) is -3.62. The summed E-state index contributed by atoms with van der Waals surface area (Å²) in [6, 6.07) is 12.7. The van der Waals surface area contributed by atoms with Crippen LogP contribution in [-0.4, -0.2) is 41.9 Å². The number of ether oxygens (including phenoxy) is 1. The first kappa shape index (κ1) is 20.5. The molecule has 10 heteroatoms. The Morgan fingerprint density at radius 2 is 1.87 bits per heavy atom. The Hall–Kier alpha value is -2.75. The second-order valence-corrected chi connectivity index (χ2v) is 9.11. The summed E-state index contributed by atoms with van der Waals surface area (Å²) in [5, 5.41) is 4.44. The minimum absolute atomic E-state index is 0.0710. The molecule has 2 heterocycles. The molecule has 0 amide bonds. The molecule has 4 rings (SSSR count). The van der Waals surface area contributed by atoms with Crippen LogP contribution in [0.4, 0.5) is 0 Å². The lowest BCUT2D eigenvalue weighted by atomic mass is 10.2. The van der Waals surface area contributed by atoms with Gasteiger partial charge in [0.2, 0.25) is 15.8 Å². The van der Waals surface area contributed by atoms with Crippen molar-refractivity contribution >= 4 is 27.6 Å². The summed E-state index contributed by atoms with van der Waals surface area (Å²) >= 11 is 5.86. The van der Waals surface area contributed by atoms with Gasteiger partial charge in [0.15, 0.2) is 6.61 Å². The van der Waals surface area contributed by atoms with Gasteiger partial charge in [-0.1, -0.05) is 22.8 Å². The molecular formula is C20H18ClN3O5S. The fourth-order valence-corrected chi connectivity index (χ4v) is 4.79. The molecule has 0 unspecified atom stereocenters. The van der Waals surface area contributed by atoms with Gasteiger partial charge >= 0.3 is 5.97 Å². The van der Waals surface area contributed by atoms with Crippen LogP contribution in [0.2, 0.25) is 5.02 Å². The maximum atomic E-state index is 12.7. The Morgan fingerprint density at radius 1 is 1.13 bits per heavy atom. The maximum Gasteiger partial charge on any atom is 0.338 e. The standard InChI is InChI=1S/C20H18ClN3O5S/c21-16-8-6-14(7-9-16)19-22-18(29-23-19)13-28-20(25)15-4-3-5-17(12-15)30(26,27)24-10-1-2-11-24/h3-9,12H,1-2,10-11,13H2. The molecule has 2 aromatic carbocycles. The van der Waals surface area contributed by atoms with Gasteiger partial charge in [-0.2, -0.15) is 9.29 Å². The molecule has 156 valence electrons. The van der Waals surface area contributed by atoms with Gasteiger partial charge in [-0.3, -0.25) is 0 Å². The van der Waals surface area contributed by atoms with Gasteiger partial charge in [0.1, 0.15) is 0 Å². The highest BCUT2D eigenvalue weighted by atomic mass is 35.5. The van der Waals surface area contributed by atoms with Crippen molar-refractivity contribution in [2.45, 2.75) is 24.3 Å². The predicted molar refractivity (Wildman–Crippen MR) is 108 cm³/mol. The van der Waals surface area contributed by atoms with Crippen molar-refractivity contribution < 1.29 is 22.5 Å². The number of halogens is 1. The maximum absolute atomic E-state index is 12.7. The minimum Gasteiger partial charge on any atom is -0.452 e. The van der Waals surface area contributed by atoms with Crippen LogP contribution in [0.15, 0.2) is 57.9 Å². The van der Waals surface area contributed by atoms with Crippen LogP contribution in [0, 0.1) is 0 Å². The lowest BCUT2D eigenvalue weighted by molar-refractivity contribution is 0.0429. The summed E-state index contributed by atoms with van der Waals surface area (Å²) in [4.78, 5) is 16.7. The van der Waals surface area contributed by atoms with Crippen LogP contribution in [0.5, 0.6) is 0 Å². The monoisotopic (exact) mass is 447 g/mol. The lowest BCUT2D eigenvalue weighted by Crippen LogP contribution is -2.28. The first-order chi connectivity index (χ1) is 14.4. The van der Waals surface area contributed by atoms with Gasteiger partial charge in [0, 0.05) is 23.7 Å². The molecule has 3 aromatic rings. The Labute approximate surface area is 178 Å². The molecule has 0 radical (unpaired) electrons. The van der Waals surface area contributed by atoms with E-state index in [2.05, 4.69) is 10.1 Å². The summed E-state index contributed by atoms with van der Waals surface area (Å²) in [5.41, 5.74) is 0.841. The van der Waals surface area contributed by atoms with Gasteiger partial charge in [-0.25, -0.2) is 13.2 Å². The predicted octanol–water partition coefficient (Wildman–Crippen LogP) is 3.53. The molecular weight excluding hydrogens is 430 g/mol. The number of aromatic nitrogens is 2. The normalized spacial score (nSPS) is 14.7. The second-order valence-electron chi connectivity index (χ2n) is 6.73. The molecule has 1 aliphatic heterocycles. The molecule has 1 fully saturated rings. The molecule has 0 saturated carbocycles. The fourth-order valence-electron chi connectivity index (χ4n) is 3.10. The smallest absolute Gasteiger partial charge is 0.338 e. The van der Waals surface area contributed by atoms with Crippen LogP contribution < -0.4 is 0 Å². The highest BCUT2D eigenvalue weighted by molar-refractivity contribution is 7.89. The van der Waals surface area contributed by atoms with E-state index in [-0.39, 0.29) is 23.0 Å². The number of carbonyl (C=O) groups is 1. The van der Waals surface area contributed by atoms with Crippen molar-refractivity contribution in [3.05, 3.63) is 65.0 Å². The van der Waals surface area contributed by atoms with Gasteiger partial charge < -0.3 is 9.26 Å². The first-order valence-corrected chi connectivity index (χ1v) is 11.1. The van der Waals surface area contributed by atoms with E-state index < -0.39 is 16.0 Å². The number of rotatable bonds is 6. The minimum atomic E-state index is -3.62. The molecule has 0 atom stereocenters. The SMILES string of the molecule is O=C(OCc1nc(-c2ccc(Cl)cc2)no1)c1cccc(S(=O)(=O)N2CCCC2)c1. The summed E-state index contributed by atoms with van der Waals surface area (Å²) in [6.07, 6.45) is 1.67. The Morgan fingerprint density at radius 3 is 2.60 bits per heavy atom. The van der Waals surface area contributed by atoms with Crippen molar-refractivity contribution in [3.63, 3.8) is 0 Å². The summed E-state index contributed by atoms with van der Waals surface area (Å²) < 4.78 is 37.1. The third-order valence-electron chi connectivity index (χ3n) is 4.67. The topological polar surface area (TPSA) is 103 Å². The van der Waals surface area contributed by atoms with E-state index in [1.165, 1.54) is 28.6 Å². The summed E-state index contributed by atoms with van der Waals surface area (Å²) in [5.74, 6) is -0.217. The molecule has 30 heavy (non-hydrogen) atoms. The van der Waals surface area contributed by atoms with Crippen LogP contribution in [0.25, 0.3) is 11.4 Å². The number of nitrogens with zero attached hydrogens (tertiary/aromatic N) is 3. The van der Waals surface area contributed by atoms with Crippen molar-refractivity contribution in [3.8, 4) is 11.4 Å². The van der Waals surface area contributed by atoms with E-state index in [0.29, 0.717) is 29.5 Å². The van der Waals surface area contributed by atoms with Gasteiger partial charge in [-0.15, -0.1) is 0 Å². The zero-order valence-electron chi connectivity index (χ0n) is 15.8. The van der Waals surface area contributed by atoms with Crippen LogP contribution in [0.1, 0.15) is 29.1 Å². The van der Waals surface area contributed by atoms with Crippen molar-refractivity contribution in [1.29, 1.82) is 0 Å². The Bertz CT molecular complexity index is 1160. The molecule has 1 aliphatic rings. The lowest BCUT2D eigenvalue weighted by Gasteiger charge is -2.15. The first-order valence-electron chi connectivity index (χ1n) is 9.29. The highest BCUT2D eigenvalue weighted by Crippen LogP contribution is 2.22. The number of hydrogen-bond acceptors (Lipinski definition) is 7. The average molecular weight is 448 g/mol. The molecule has 8 nitrogen and oxygen atoms in total. The molecule has 0 aliphatic carbocycles. The third-order valence-corrected chi connectivity index (χ3v) is 6.82. The van der Waals surface area contributed by atoms with E-state index >= 15 is 0 Å². The van der Waals surface area contributed by atoms with E-state index in [4.69, 9.17) is 20.9 Å². The van der Waals surface area contributed by atoms with E-state index in [1.54, 1.807) is 24.3 Å². The second kappa shape index (κ2) is 8.55. The number of carbonyl (C=O) groups excluding carboxylic acids is 1. The Kier molecular flexibility index (Phi) is 5.85. The van der Waals surface area contributed by atoms with E-state index in [1.807, 2.05) is 0 Å². The molecule has 0 spiro atoms. The third kappa shape index (κ3) is 4.38. The Balaban J connectivity index is 1.43. The van der Waals surface area contributed by atoms with Crippen LogP contribution in [-0.2, 0) is 21.4 Å². The molecule has 1 aromatic heterocycles. The zero-order chi connectivity index (χ0) is 21.1. The van der Waals surface area contributed by atoms with Gasteiger partial charge in [-0.05, 0) is 55.3 Å². The fraction of sp³-hybridized carbons (Fsp3) is 0.250. The zero-order valence-corrected chi connectivity index (χ0v) is 17.4. The largest absolute Gasteiger partial charge is 0.452 e. The van der Waals surface area contributed by atoms with E-state index in [9.17, 15) is 13.2 Å². The molecule has 0 N–H and O–H groups in total. The van der Waals surface area contributed by atoms with Crippen molar-refractivity contribution in [1.82, 2.24) is 14.4 Å². The van der Waals surface area contributed by atoms with Gasteiger partial charge in [0.05, 0.1) is 10.5 Å². The van der Waals surface area contributed by atoms with Crippen molar-refractivity contribution in [2.75, 3.05) is 13.1 Å². The highest BCUT2D eigenvalue weighted by Gasteiger charge is 2.27. The number of sulfonamides is 1. The molecule has 0 bridgehead atoms. The average Bonchev–Trinajstić information content (AvgIpc) is 3.45. The number of esters is 1.